The molecule has 0 saturated carbocycles. The smallest absolute Gasteiger partial charge is 0.267 e. The zero-order valence-corrected chi connectivity index (χ0v) is 19.7. The molecular formula is C21H19ClN4O3S2. The third-order valence-electron chi connectivity index (χ3n) is 4.61. The van der Waals surface area contributed by atoms with Crippen LogP contribution in [-0.2, 0) is 11.3 Å². The number of aromatic nitrogens is 3. The van der Waals surface area contributed by atoms with E-state index < -0.39 is 0 Å². The summed E-state index contributed by atoms with van der Waals surface area (Å²) in [6.45, 7) is 4.10. The molecule has 1 aromatic carbocycles. The third-order valence-corrected chi connectivity index (χ3v) is 6.93. The van der Waals surface area contributed by atoms with Crippen molar-refractivity contribution in [2.24, 2.45) is 0 Å². The molecule has 0 unspecified atom stereocenters. The number of benzene rings is 1. The summed E-state index contributed by atoms with van der Waals surface area (Å²) in [5, 5.41) is 4.84. The highest BCUT2D eigenvalue weighted by atomic mass is 35.5. The Morgan fingerprint density at radius 1 is 1.10 bits per heavy atom. The van der Waals surface area contributed by atoms with Crippen molar-refractivity contribution < 1.29 is 14.3 Å². The highest BCUT2D eigenvalue weighted by Crippen LogP contribution is 2.36. The number of halogens is 1. The first-order valence-electron chi connectivity index (χ1n) is 9.29. The van der Waals surface area contributed by atoms with Crippen LogP contribution in [0.25, 0.3) is 21.5 Å². The van der Waals surface area contributed by atoms with Crippen molar-refractivity contribution >= 4 is 55.5 Å². The maximum Gasteiger partial charge on any atom is 0.267 e. The van der Waals surface area contributed by atoms with E-state index >= 15 is 0 Å². The van der Waals surface area contributed by atoms with E-state index in [1.807, 2.05) is 38.1 Å². The first-order chi connectivity index (χ1) is 14.9. The second-order valence-corrected chi connectivity index (χ2v) is 9.34. The van der Waals surface area contributed by atoms with Gasteiger partial charge in [0.1, 0.15) is 11.4 Å². The summed E-state index contributed by atoms with van der Waals surface area (Å²) in [6.07, 6.45) is 0. The number of rotatable bonds is 6. The minimum absolute atomic E-state index is 0.243. The maximum atomic E-state index is 13.1. The predicted octanol–water partition coefficient (Wildman–Crippen LogP) is 5.49. The second-order valence-electron chi connectivity index (χ2n) is 6.70. The zero-order valence-electron chi connectivity index (χ0n) is 17.3. The molecule has 1 N–H and O–H groups in total. The largest absolute Gasteiger partial charge is 0.480 e. The van der Waals surface area contributed by atoms with Gasteiger partial charge in [0.15, 0.2) is 11.0 Å². The van der Waals surface area contributed by atoms with Crippen molar-refractivity contribution in [1.29, 1.82) is 0 Å². The van der Waals surface area contributed by atoms with Crippen molar-refractivity contribution in [2.45, 2.75) is 20.5 Å². The van der Waals surface area contributed by atoms with Crippen LogP contribution in [0.4, 0.5) is 5.13 Å². The van der Waals surface area contributed by atoms with Crippen LogP contribution in [0.1, 0.15) is 25.9 Å². The summed E-state index contributed by atoms with van der Waals surface area (Å²) < 4.78 is 10.6. The number of nitrogens with one attached hydrogen (secondary N) is 1. The molecule has 0 saturated heterocycles. The summed E-state index contributed by atoms with van der Waals surface area (Å²) in [5.74, 6) is 0.690. The van der Waals surface area contributed by atoms with Gasteiger partial charge >= 0.3 is 0 Å². The second kappa shape index (κ2) is 8.88. The van der Waals surface area contributed by atoms with Crippen molar-refractivity contribution in [1.82, 2.24) is 15.0 Å². The Kier molecular flexibility index (Phi) is 6.19. The number of ether oxygens (including phenoxy) is 2. The minimum Gasteiger partial charge on any atom is -0.480 e. The first kappa shape index (κ1) is 21.6. The van der Waals surface area contributed by atoms with Gasteiger partial charge in [-0.1, -0.05) is 23.7 Å². The SMILES string of the molecule is COCc1nc(OC)c2c(C)c(C(=O)Nc3nc(-c4ccc(Cl)cc4)c(C)s3)sc2n1. The van der Waals surface area contributed by atoms with E-state index in [4.69, 9.17) is 21.1 Å². The van der Waals surface area contributed by atoms with Crippen LogP contribution < -0.4 is 10.1 Å². The van der Waals surface area contributed by atoms with Gasteiger partial charge < -0.3 is 9.47 Å². The van der Waals surface area contributed by atoms with Crippen molar-refractivity contribution in [3.8, 4) is 17.1 Å². The Morgan fingerprint density at radius 2 is 1.84 bits per heavy atom. The summed E-state index contributed by atoms with van der Waals surface area (Å²) in [7, 11) is 3.12. The van der Waals surface area contributed by atoms with Gasteiger partial charge in [-0.15, -0.1) is 22.7 Å². The fourth-order valence-corrected chi connectivity index (χ4v) is 5.22. The van der Waals surface area contributed by atoms with E-state index in [2.05, 4.69) is 20.3 Å². The first-order valence-corrected chi connectivity index (χ1v) is 11.3. The van der Waals surface area contributed by atoms with Gasteiger partial charge in [-0.25, -0.2) is 9.97 Å². The monoisotopic (exact) mass is 474 g/mol. The summed E-state index contributed by atoms with van der Waals surface area (Å²) >= 11 is 8.70. The van der Waals surface area contributed by atoms with Crippen LogP contribution in [0.2, 0.25) is 5.02 Å². The highest BCUT2D eigenvalue weighted by molar-refractivity contribution is 7.21. The molecule has 0 aliphatic rings. The molecule has 0 spiro atoms. The molecule has 0 fully saturated rings. The quantitative estimate of drug-likeness (QED) is 0.397. The molecule has 4 aromatic rings. The van der Waals surface area contributed by atoms with E-state index in [-0.39, 0.29) is 12.5 Å². The summed E-state index contributed by atoms with van der Waals surface area (Å²) in [6, 6.07) is 7.46. The minimum atomic E-state index is -0.243. The van der Waals surface area contributed by atoms with E-state index in [1.165, 1.54) is 22.7 Å². The lowest BCUT2D eigenvalue weighted by molar-refractivity contribution is 0.103. The standard InChI is InChI=1S/C21H19ClN4O3S2/c1-10-15-19(29-4)23-14(9-28-3)24-20(15)31-17(10)18(27)26-21-25-16(11(2)30-21)12-5-7-13(22)8-6-12/h5-8H,9H2,1-4H3,(H,25,26,27). The maximum absolute atomic E-state index is 13.1. The molecule has 0 bridgehead atoms. The Hall–Kier alpha value is -2.59. The van der Waals surface area contributed by atoms with Crippen LogP contribution in [0.15, 0.2) is 24.3 Å². The Morgan fingerprint density at radius 3 is 2.52 bits per heavy atom. The van der Waals surface area contributed by atoms with E-state index in [1.54, 1.807) is 14.2 Å². The summed E-state index contributed by atoms with van der Waals surface area (Å²) in [4.78, 5) is 28.8. The Bertz CT molecular complexity index is 1270. The van der Waals surface area contributed by atoms with Crippen molar-refractivity contribution in [2.75, 3.05) is 19.5 Å². The topological polar surface area (TPSA) is 86.2 Å². The molecule has 3 aromatic heterocycles. The number of thiophene rings is 1. The van der Waals surface area contributed by atoms with E-state index in [0.29, 0.717) is 31.6 Å². The molecule has 4 rings (SSSR count). The normalized spacial score (nSPS) is 11.1. The number of hydrogen-bond acceptors (Lipinski definition) is 8. The lowest BCUT2D eigenvalue weighted by Crippen LogP contribution is -2.11. The number of thiazole rings is 1. The number of fused-ring (bicyclic) bond motifs is 1. The van der Waals surface area contributed by atoms with Gasteiger partial charge in [0.2, 0.25) is 5.88 Å². The van der Waals surface area contributed by atoms with Crippen LogP contribution in [0, 0.1) is 13.8 Å². The van der Waals surface area contributed by atoms with Gasteiger partial charge in [0.25, 0.3) is 5.91 Å². The third kappa shape index (κ3) is 4.27. The van der Waals surface area contributed by atoms with Gasteiger partial charge in [0, 0.05) is 22.6 Å². The molecule has 0 aliphatic carbocycles. The molecular weight excluding hydrogens is 456 g/mol. The van der Waals surface area contributed by atoms with Crippen molar-refractivity contribution in [3.05, 3.63) is 50.4 Å². The molecule has 0 atom stereocenters. The number of anilines is 1. The van der Waals surface area contributed by atoms with Crippen LogP contribution in [0.3, 0.4) is 0 Å². The fraction of sp³-hybridized carbons (Fsp3) is 0.238. The van der Waals surface area contributed by atoms with Gasteiger partial charge in [-0.3, -0.25) is 10.1 Å². The molecule has 7 nitrogen and oxygen atoms in total. The number of amides is 1. The van der Waals surface area contributed by atoms with Crippen LogP contribution in [-0.4, -0.2) is 35.1 Å². The number of methoxy groups -OCH3 is 2. The number of nitrogens with zero attached hydrogens (tertiary/aromatic N) is 3. The summed E-state index contributed by atoms with van der Waals surface area (Å²) in [5.41, 5.74) is 2.54. The van der Waals surface area contributed by atoms with E-state index in [9.17, 15) is 4.79 Å². The molecule has 0 radical (unpaired) electrons. The number of hydrogen-bond donors (Lipinski definition) is 1. The highest BCUT2D eigenvalue weighted by Gasteiger charge is 2.22. The Balaban J connectivity index is 1.65. The molecule has 10 heteroatoms. The average Bonchev–Trinajstić information content (AvgIpc) is 3.28. The lowest BCUT2D eigenvalue weighted by Gasteiger charge is -2.05. The van der Waals surface area contributed by atoms with Gasteiger partial charge in [-0.05, 0) is 31.5 Å². The molecule has 3 heterocycles. The number of carbonyl (C=O) groups is 1. The molecule has 0 aliphatic heterocycles. The predicted molar refractivity (Wildman–Crippen MR) is 125 cm³/mol. The average molecular weight is 475 g/mol. The molecule has 1 amide bonds. The zero-order chi connectivity index (χ0) is 22.1. The fourth-order valence-electron chi connectivity index (χ4n) is 3.18. The van der Waals surface area contributed by atoms with E-state index in [0.717, 1.165) is 27.1 Å². The molecule has 31 heavy (non-hydrogen) atoms. The van der Waals surface area contributed by atoms with Crippen molar-refractivity contribution in [3.63, 3.8) is 0 Å². The molecule has 160 valence electrons. The lowest BCUT2D eigenvalue weighted by atomic mass is 10.1. The van der Waals surface area contributed by atoms with Gasteiger partial charge in [-0.2, -0.15) is 4.98 Å². The number of carbonyl (C=O) groups excluding carboxylic acids is 1. The number of aryl methyl sites for hydroxylation is 2. The van der Waals surface area contributed by atoms with Crippen LogP contribution >= 0.6 is 34.3 Å². The van der Waals surface area contributed by atoms with Gasteiger partial charge in [0.05, 0.1) is 23.1 Å². The Labute approximate surface area is 192 Å². The van der Waals surface area contributed by atoms with Crippen LogP contribution in [0.5, 0.6) is 5.88 Å².